The smallest absolute Gasteiger partial charge is 0.152 e. The summed E-state index contributed by atoms with van der Waals surface area (Å²) in [7, 11) is 1.62. The molecule has 2 nitrogen and oxygen atoms in total. The second-order valence-electron chi connectivity index (χ2n) is 3.26. The SMILES string of the molecule is COc1cccc(Br)c1/C(C)=C/C(C)=O. The van der Waals surface area contributed by atoms with Gasteiger partial charge in [0.05, 0.1) is 7.11 Å². The van der Waals surface area contributed by atoms with Crippen LogP contribution in [0.25, 0.3) is 5.57 Å². The molecule has 0 bridgehead atoms. The van der Waals surface area contributed by atoms with Gasteiger partial charge in [0.15, 0.2) is 5.78 Å². The molecule has 0 fully saturated rings. The first kappa shape index (κ1) is 12.0. The van der Waals surface area contributed by atoms with Crippen molar-refractivity contribution in [2.75, 3.05) is 7.11 Å². The van der Waals surface area contributed by atoms with Crippen molar-refractivity contribution in [3.8, 4) is 5.75 Å². The van der Waals surface area contributed by atoms with E-state index in [0.29, 0.717) is 0 Å². The molecule has 15 heavy (non-hydrogen) atoms. The molecule has 0 unspecified atom stereocenters. The molecule has 1 rings (SSSR count). The number of benzene rings is 1. The van der Waals surface area contributed by atoms with Gasteiger partial charge in [-0.25, -0.2) is 0 Å². The minimum atomic E-state index is 0.0327. The number of rotatable bonds is 3. The van der Waals surface area contributed by atoms with Gasteiger partial charge in [0.2, 0.25) is 0 Å². The number of carbonyl (C=O) groups is 1. The summed E-state index contributed by atoms with van der Waals surface area (Å²) in [5.74, 6) is 0.796. The van der Waals surface area contributed by atoms with Crippen LogP contribution in [0.5, 0.6) is 5.75 Å². The lowest BCUT2D eigenvalue weighted by atomic mass is 10.1. The molecule has 0 spiro atoms. The molecule has 0 N–H and O–H groups in total. The van der Waals surface area contributed by atoms with Gasteiger partial charge in [-0.3, -0.25) is 4.79 Å². The van der Waals surface area contributed by atoms with Crippen LogP contribution in [0.3, 0.4) is 0 Å². The number of carbonyl (C=O) groups excluding carboxylic acids is 1. The molecule has 1 aromatic carbocycles. The third-order valence-corrected chi connectivity index (χ3v) is 2.67. The van der Waals surface area contributed by atoms with Crippen LogP contribution in [0.4, 0.5) is 0 Å². The van der Waals surface area contributed by atoms with Crippen molar-refractivity contribution < 1.29 is 9.53 Å². The van der Waals surface area contributed by atoms with Gasteiger partial charge in [-0.15, -0.1) is 0 Å². The highest BCUT2D eigenvalue weighted by Gasteiger charge is 2.09. The molecule has 0 saturated carbocycles. The zero-order chi connectivity index (χ0) is 11.4. The highest BCUT2D eigenvalue weighted by molar-refractivity contribution is 9.10. The van der Waals surface area contributed by atoms with Crippen molar-refractivity contribution >= 4 is 27.3 Å². The fraction of sp³-hybridized carbons (Fsp3) is 0.250. The average Bonchev–Trinajstić information content (AvgIpc) is 2.15. The second-order valence-corrected chi connectivity index (χ2v) is 4.11. The number of halogens is 1. The Kier molecular flexibility index (Phi) is 4.09. The molecule has 1 aromatic rings. The summed E-state index contributed by atoms with van der Waals surface area (Å²) in [6.07, 6.45) is 1.60. The lowest BCUT2D eigenvalue weighted by Gasteiger charge is -2.10. The van der Waals surface area contributed by atoms with E-state index in [0.717, 1.165) is 21.4 Å². The molecular weight excluding hydrogens is 256 g/mol. The molecule has 0 heterocycles. The Morgan fingerprint density at radius 1 is 1.40 bits per heavy atom. The van der Waals surface area contributed by atoms with Crippen molar-refractivity contribution in [1.82, 2.24) is 0 Å². The Hall–Kier alpha value is -1.09. The van der Waals surface area contributed by atoms with E-state index in [1.165, 1.54) is 6.92 Å². The van der Waals surface area contributed by atoms with Crippen LogP contribution in [0.15, 0.2) is 28.7 Å². The zero-order valence-electron chi connectivity index (χ0n) is 9.00. The Morgan fingerprint density at radius 3 is 2.60 bits per heavy atom. The highest BCUT2D eigenvalue weighted by atomic mass is 79.9. The summed E-state index contributed by atoms with van der Waals surface area (Å²) >= 11 is 3.45. The molecule has 0 aliphatic heterocycles. The van der Waals surface area contributed by atoms with Crippen molar-refractivity contribution in [1.29, 1.82) is 0 Å². The third kappa shape index (κ3) is 2.93. The van der Waals surface area contributed by atoms with E-state index in [9.17, 15) is 4.79 Å². The van der Waals surface area contributed by atoms with E-state index in [-0.39, 0.29) is 5.78 Å². The van der Waals surface area contributed by atoms with Gasteiger partial charge >= 0.3 is 0 Å². The summed E-state index contributed by atoms with van der Waals surface area (Å²) in [6.45, 7) is 3.43. The first-order chi connectivity index (χ1) is 7.06. The maximum atomic E-state index is 11.0. The van der Waals surface area contributed by atoms with Crippen molar-refractivity contribution in [2.45, 2.75) is 13.8 Å². The van der Waals surface area contributed by atoms with Crippen LogP contribution < -0.4 is 4.74 Å². The highest BCUT2D eigenvalue weighted by Crippen LogP contribution is 2.32. The molecule has 0 saturated heterocycles. The van der Waals surface area contributed by atoms with Gasteiger partial charge in [0.25, 0.3) is 0 Å². The molecule has 0 radical (unpaired) electrons. The van der Waals surface area contributed by atoms with Gasteiger partial charge in [-0.05, 0) is 37.6 Å². The maximum Gasteiger partial charge on any atom is 0.152 e. The second kappa shape index (κ2) is 5.12. The van der Waals surface area contributed by atoms with Gasteiger partial charge in [0, 0.05) is 10.0 Å². The number of ketones is 1. The molecule has 0 aromatic heterocycles. The lowest BCUT2D eigenvalue weighted by Crippen LogP contribution is -1.93. The molecular formula is C12H13BrO2. The number of hydrogen-bond donors (Lipinski definition) is 0. The van der Waals surface area contributed by atoms with Gasteiger partial charge < -0.3 is 4.74 Å². The summed E-state index contributed by atoms with van der Waals surface area (Å²) in [4.78, 5) is 11.0. The van der Waals surface area contributed by atoms with E-state index in [1.807, 2.05) is 25.1 Å². The minimum absolute atomic E-state index is 0.0327. The topological polar surface area (TPSA) is 26.3 Å². The van der Waals surface area contributed by atoms with E-state index in [1.54, 1.807) is 13.2 Å². The van der Waals surface area contributed by atoms with E-state index in [2.05, 4.69) is 15.9 Å². The molecule has 0 aliphatic carbocycles. The predicted octanol–water partition coefficient (Wildman–Crippen LogP) is 3.45. The maximum absolute atomic E-state index is 11.0. The summed E-state index contributed by atoms with van der Waals surface area (Å²) in [5, 5.41) is 0. The number of ether oxygens (including phenoxy) is 1. The van der Waals surface area contributed by atoms with Gasteiger partial charge in [-0.1, -0.05) is 22.0 Å². The Morgan fingerprint density at radius 2 is 2.07 bits per heavy atom. The molecule has 0 atom stereocenters. The predicted molar refractivity (Wildman–Crippen MR) is 65.0 cm³/mol. The van der Waals surface area contributed by atoms with E-state index < -0.39 is 0 Å². The summed E-state index contributed by atoms with van der Waals surface area (Å²) < 4.78 is 6.17. The minimum Gasteiger partial charge on any atom is -0.496 e. The number of hydrogen-bond acceptors (Lipinski definition) is 2. The fourth-order valence-electron chi connectivity index (χ4n) is 1.43. The largest absolute Gasteiger partial charge is 0.496 e. The molecule has 80 valence electrons. The van der Waals surface area contributed by atoms with Crippen LogP contribution in [0.1, 0.15) is 19.4 Å². The molecule has 0 amide bonds. The molecule has 0 aliphatic rings. The van der Waals surface area contributed by atoms with Crippen LogP contribution in [-0.4, -0.2) is 12.9 Å². The zero-order valence-corrected chi connectivity index (χ0v) is 10.6. The van der Waals surface area contributed by atoms with Gasteiger partial charge in [-0.2, -0.15) is 0 Å². The Bertz CT molecular complexity index is 408. The first-order valence-corrected chi connectivity index (χ1v) is 5.37. The standard InChI is InChI=1S/C12H13BrO2/c1-8(7-9(2)14)12-10(13)5-4-6-11(12)15-3/h4-7H,1-3H3/b8-7+. The van der Waals surface area contributed by atoms with E-state index in [4.69, 9.17) is 4.74 Å². The lowest BCUT2D eigenvalue weighted by molar-refractivity contribution is -0.112. The van der Waals surface area contributed by atoms with Crippen molar-refractivity contribution in [3.05, 3.63) is 34.3 Å². The third-order valence-electron chi connectivity index (χ3n) is 2.01. The normalized spacial score (nSPS) is 11.3. The van der Waals surface area contributed by atoms with E-state index >= 15 is 0 Å². The first-order valence-electron chi connectivity index (χ1n) is 4.58. The summed E-state index contributed by atoms with van der Waals surface area (Å²) in [5.41, 5.74) is 1.82. The Balaban J connectivity index is 3.29. The fourth-order valence-corrected chi connectivity index (χ4v) is 2.09. The monoisotopic (exact) mass is 268 g/mol. The number of allylic oxidation sites excluding steroid dienone is 2. The van der Waals surface area contributed by atoms with Crippen LogP contribution in [0, 0.1) is 0 Å². The van der Waals surface area contributed by atoms with Crippen LogP contribution in [-0.2, 0) is 4.79 Å². The summed E-state index contributed by atoms with van der Waals surface area (Å²) in [6, 6.07) is 5.69. The van der Waals surface area contributed by atoms with Gasteiger partial charge in [0.1, 0.15) is 5.75 Å². The Labute approximate surface area is 98.1 Å². The number of methoxy groups -OCH3 is 1. The quantitative estimate of drug-likeness (QED) is 0.785. The van der Waals surface area contributed by atoms with Crippen molar-refractivity contribution in [2.24, 2.45) is 0 Å². The molecule has 3 heteroatoms. The van der Waals surface area contributed by atoms with Crippen molar-refractivity contribution in [3.63, 3.8) is 0 Å². The van der Waals surface area contributed by atoms with Crippen LogP contribution in [0.2, 0.25) is 0 Å². The average molecular weight is 269 g/mol. The van der Waals surface area contributed by atoms with Crippen LogP contribution >= 0.6 is 15.9 Å².